The molecule has 0 aromatic heterocycles. The SMILES string of the molecule is OC1OC(O)C2C3CCC(c4ccccc43)C12. The van der Waals surface area contributed by atoms with Crippen molar-refractivity contribution in [1.29, 1.82) is 0 Å². The van der Waals surface area contributed by atoms with Gasteiger partial charge in [0.15, 0.2) is 12.6 Å². The summed E-state index contributed by atoms with van der Waals surface area (Å²) in [7, 11) is 0. The average molecular weight is 232 g/mol. The normalized spacial score (nSPS) is 46.7. The molecule has 0 spiro atoms. The molecule has 1 aromatic carbocycles. The molecule has 5 rings (SSSR count). The molecule has 90 valence electrons. The van der Waals surface area contributed by atoms with E-state index in [1.54, 1.807) is 0 Å². The van der Waals surface area contributed by atoms with Crippen LogP contribution < -0.4 is 0 Å². The van der Waals surface area contributed by atoms with Crippen LogP contribution in [0.15, 0.2) is 24.3 Å². The lowest BCUT2D eigenvalue weighted by atomic mass is 9.57. The summed E-state index contributed by atoms with van der Waals surface area (Å²) < 4.78 is 5.23. The van der Waals surface area contributed by atoms with Gasteiger partial charge in [0, 0.05) is 11.8 Å². The molecular weight excluding hydrogens is 216 g/mol. The van der Waals surface area contributed by atoms with E-state index in [0.29, 0.717) is 11.8 Å². The standard InChI is InChI=1S/C14H16O3/c15-13-11-9-5-6-10(12(11)14(16)17-13)8-4-2-1-3-7(8)9/h1-4,9-16H,5-6H2. The van der Waals surface area contributed by atoms with E-state index >= 15 is 0 Å². The summed E-state index contributed by atoms with van der Waals surface area (Å²) in [6, 6.07) is 8.46. The van der Waals surface area contributed by atoms with Crippen molar-refractivity contribution in [1.82, 2.24) is 0 Å². The predicted octanol–water partition coefficient (Wildman–Crippen LogP) is 1.56. The summed E-state index contributed by atoms with van der Waals surface area (Å²) in [5.74, 6) is 0.874. The van der Waals surface area contributed by atoms with E-state index in [1.165, 1.54) is 11.1 Å². The number of aliphatic hydroxyl groups excluding tert-OH is 2. The van der Waals surface area contributed by atoms with Gasteiger partial charge in [-0.2, -0.15) is 0 Å². The Kier molecular flexibility index (Phi) is 1.96. The first-order chi connectivity index (χ1) is 8.27. The highest BCUT2D eigenvalue weighted by Crippen LogP contribution is 2.60. The van der Waals surface area contributed by atoms with Gasteiger partial charge in [-0.15, -0.1) is 0 Å². The fourth-order valence-electron chi connectivity index (χ4n) is 4.29. The molecule has 17 heavy (non-hydrogen) atoms. The third-order valence-corrected chi connectivity index (χ3v) is 4.89. The van der Waals surface area contributed by atoms with Crippen molar-refractivity contribution in [3.63, 3.8) is 0 Å². The van der Waals surface area contributed by atoms with Crippen LogP contribution in [0.3, 0.4) is 0 Å². The van der Waals surface area contributed by atoms with Crippen molar-refractivity contribution >= 4 is 0 Å². The van der Waals surface area contributed by atoms with Crippen LogP contribution in [0.1, 0.15) is 35.8 Å². The van der Waals surface area contributed by atoms with Gasteiger partial charge in [0.2, 0.25) is 0 Å². The van der Waals surface area contributed by atoms with Gasteiger partial charge in [-0.05, 0) is 35.8 Å². The molecule has 0 radical (unpaired) electrons. The predicted molar refractivity (Wildman–Crippen MR) is 61.2 cm³/mol. The van der Waals surface area contributed by atoms with Gasteiger partial charge in [-0.25, -0.2) is 0 Å². The van der Waals surface area contributed by atoms with Crippen molar-refractivity contribution in [3.05, 3.63) is 35.4 Å². The number of hydrogen-bond acceptors (Lipinski definition) is 3. The number of hydrogen-bond donors (Lipinski definition) is 2. The first-order valence-electron chi connectivity index (χ1n) is 6.38. The summed E-state index contributed by atoms with van der Waals surface area (Å²) in [6.07, 6.45) is 0.624. The Morgan fingerprint density at radius 1 is 0.882 bits per heavy atom. The molecule has 2 N–H and O–H groups in total. The minimum Gasteiger partial charge on any atom is -0.368 e. The molecule has 1 aromatic rings. The van der Waals surface area contributed by atoms with Crippen LogP contribution >= 0.6 is 0 Å². The molecular formula is C14H16O3. The Morgan fingerprint density at radius 2 is 1.35 bits per heavy atom. The maximum atomic E-state index is 9.96. The maximum Gasteiger partial charge on any atom is 0.161 e. The largest absolute Gasteiger partial charge is 0.368 e. The summed E-state index contributed by atoms with van der Waals surface area (Å²) in [5, 5.41) is 19.9. The molecule has 1 aliphatic heterocycles. The average Bonchev–Trinajstić information content (AvgIpc) is 2.68. The van der Waals surface area contributed by atoms with Crippen LogP contribution in [0.4, 0.5) is 0 Å². The van der Waals surface area contributed by atoms with Gasteiger partial charge >= 0.3 is 0 Å². The topological polar surface area (TPSA) is 49.7 Å². The second-order valence-electron chi connectivity index (χ2n) is 5.49. The van der Waals surface area contributed by atoms with E-state index in [1.807, 2.05) is 0 Å². The van der Waals surface area contributed by atoms with Gasteiger partial charge in [0.05, 0.1) is 0 Å². The fourth-order valence-corrected chi connectivity index (χ4v) is 4.29. The Bertz CT molecular complexity index is 418. The lowest BCUT2D eigenvalue weighted by Crippen LogP contribution is -2.41. The Labute approximate surface area is 100 Å². The lowest BCUT2D eigenvalue weighted by molar-refractivity contribution is -0.173. The molecule has 6 unspecified atom stereocenters. The smallest absolute Gasteiger partial charge is 0.161 e. The number of fused-ring (bicyclic) bond motifs is 1. The summed E-state index contributed by atoms with van der Waals surface area (Å²) in [5.41, 5.74) is 2.73. The van der Waals surface area contributed by atoms with Crippen molar-refractivity contribution in [2.24, 2.45) is 11.8 Å². The van der Waals surface area contributed by atoms with Crippen molar-refractivity contribution in [2.75, 3.05) is 0 Å². The highest BCUT2D eigenvalue weighted by atomic mass is 16.7. The molecule has 2 bridgehead atoms. The summed E-state index contributed by atoms with van der Waals surface area (Å²) in [6.45, 7) is 0. The van der Waals surface area contributed by atoms with Gasteiger partial charge < -0.3 is 14.9 Å². The molecule has 3 heteroatoms. The highest BCUT2D eigenvalue weighted by Gasteiger charge is 2.56. The van der Waals surface area contributed by atoms with Crippen LogP contribution in [0, 0.1) is 11.8 Å². The molecule has 6 atom stereocenters. The number of aliphatic hydroxyl groups is 2. The number of ether oxygens (including phenoxy) is 1. The van der Waals surface area contributed by atoms with Gasteiger partial charge in [-0.3, -0.25) is 0 Å². The van der Waals surface area contributed by atoms with E-state index < -0.39 is 12.6 Å². The third-order valence-electron chi connectivity index (χ3n) is 4.89. The fraction of sp³-hybridized carbons (Fsp3) is 0.571. The van der Waals surface area contributed by atoms with E-state index in [0.717, 1.165) is 12.8 Å². The van der Waals surface area contributed by atoms with Crippen molar-refractivity contribution in [3.8, 4) is 0 Å². The highest BCUT2D eigenvalue weighted by molar-refractivity contribution is 5.40. The van der Waals surface area contributed by atoms with Crippen LogP contribution in [-0.2, 0) is 4.74 Å². The van der Waals surface area contributed by atoms with Crippen LogP contribution in [0.25, 0.3) is 0 Å². The number of benzene rings is 1. The zero-order valence-corrected chi connectivity index (χ0v) is 9.49. The van der Waals surface area contributed by atoms with Crippen LogP contribution in [-0.4, -0.2) is 22.8 Å². The summed E-state index contributed by atoms with van der Waals surface area (Å²) >= 11 is 0. The zero-order chi connectivity index (χ0) is 11.6. The van der Waals surface area contributed by atoms with E-state index in [9.17, 15) is 10.2 Å². The summed E-state index contributed by atoms with van der Waals surface area (Å²) in [4.78, 5) is 0. The molecule has 1 heterocycles. The van der Waals surface area contributed by atoms with E-state index in [2.05, 4.69) is 24.3 Å². The van der Waals surface area contributed by atoms with Gasteiger partial charge in [0.25, 0.3) is 0 Å². The molecule has 4 aliphatic rings. The molecule has 1 saturated carbocycles. The Hall–Kier alpha value is -0.900. The first-order valence-corrected chi connectivity index (χ1v) is 6.38. The molecule has 3 aliphatic carbocycles. The Balaban J connectivity index is 1.88. The van der Waals surface area contributed by atoms with Crippen molar-refractivity contribution < 1.29 is 14.9 Å². The molecule has 3 nitrogen and oxygen atoms in total. The Morgan fingerprint density at radius 3 is 1.82 bits per heavy atom. The maximum absolute atomic E-state index is 9.96. The molecule has 0 amide bonds. The zero-order valence-electron chi connectivity index (χ0n) is 9.49. The second-order valence-corrected chi connectivity index (χ2v) is 5.49. The third kappa shape index (κ3) is 1.17. The van der Waals surface area contributed by atoms with Gasteiger partial charge in [-0.1, -0.05) is 24.3 Å². The lowest BCUT2D eigenvalue weighted by Gasteiger charge is -2.47. The molecule has 1 saturated heterocycles. The molecule has 2 fully saturated rings. The minimum absolute atomic E-state index is 0.0821. The first kappa shape index (κ1) is 10.1. The van der Waals surface area contributed by atoms with E-state index in [-0.39, 0.29) is 11.8 Å². The second kappa shape index (κ2) is 3.31. The monoisotopic (exact) mass is 232 g/mol. The van der Waals surface area contributed by atoms with Gasteiger partial charge in [0.1, 0.15) is 0 Å². The van der Waals surface area contributed by atoms with Crippen LogP contribution in [0.2, 0.25) is 0 Å². The van der Waals surface area contributed by atoms with E-state index in [4.69, 9.17) is 4.74 Å². The minimum atomic E-state index is -0.795. The van der Waals surface area contributed by atoms with Crippen molar-refractivity contribution in [2.45, 2.75) is 37.3 Å². The number of rotatable bonds is 0. The van der Waals surface area contributed by atoms with Crippen LogP contribution in [0.5, 0.6) is 0 Å². The quantitative estimate of drug-likeness (QED) is 0.713.